The lowest BCUT2D eigenvalue weighted by atomic mass is 10.2. The summed E-state index contributed by atoms with van der Waals surface area (Å²) >= 11 is 0. The van der Waals surface area contributed by atoms with Gasteiger partial charge in [-0.05, 0) is 6.92 Å². The minimum atomic E-state index is -5.84. The Hall–Kier alpha value is -1.62. The Morgan fingerprint density at radius 2 is 1.89 bits per heavy atom. The molecule has 0 amide bonds. The molecule has 1 aromatic heterocycles. The first-order valence-electron chi connectivity index (χ1n) is 4.61. The molecule has 1 heterocycles. The van der Waals surface area contributed by atoms with Crippen molar-refractivity contribution in [1.29, 1.82) is 0 Å². The number of imidazole rings is 1. The van der Waals surface area contributed by atoms with Gasteiger partial charge in [0.2, 0.25) is 0 Å². The maximum Gasteiger partial charge on any atom is 0.522 e. The zero-order chi connectivity index (χ0) is 15.4. The van der Waals surface area contributed by atoms with E-state index in [1.165, 1.54) is 0 Å². The Balaban J connectivity index is 0.000000362. The fourth-order valence-electron chi connectivity index (χ4n) is 0.905. The summed E-state index contributed by atoms with van der Waals surface area (Å²) < 4.78 is 59.2. The van der Waals surface area contributed by atoms with E-state index in [2.05, 4.69) is 4.98 Å². The minimum Gasteiger partial charge on any atom is -0.481 e. The number of nitrogens with zero attached hydrogens (tertiary/aromatic N) is 2. The van der Waals surface area contributed by atoms with E-state index >= 15 is 0 Å². The predicted octanol–water partition coefficient (Wildman–Crippen LogP) is 1.00. The molecular weight excluding hydrogens is 293 g/mol. The molecule has 1 aromatic rings. The summed E-state index contributed by atoms with van der Waals surface area (Å²) in [4.78, 5) is 14.4. The molecule has 0 fully saturated rings. The molecule has 0 aliphatic carbocycles. The number of hydrogen-bond acceptors (Lipinski definition) is 4. The molecule has 0 aliphatic rings. The Labute approximate surface area is 106 Å². The summed E-state index contributed by atoms with van der Waals surface area (Å²) in [5.74, 6) is -0.799. The topological polar surface area (TPSA) is 109 Å². The maximum atomic E-state index is 10.7. The van der Waals surface area contributed by atoms with Crippen LogP contribution in [0.5, 0.6) is 0 Å². The van der Waals surface area contributed by atoms with Gasteiger partial charge in [-0.25, -0.2) is 4.98 Å². The van der Waals surface area contributed by atoms with Crippen molar-refractivity contribution in [2.75, 3.05) is 0 Å². The molecule has 1 rings (SSSR count). The van der Waals surface area contributed by atoms with Crippen LogP contribution >= 0.6 is 0 Å². The third-order valence-corrected chi connectivity index (χ3v) is 2.49. The van der Waals surface area contributed by atoms with Crippen LogP contribution in [0.3, 0.4) is 0 Å². The number of aryl methyl sites for hydroxylation is 1. The second kappa shape index (κ2) is 6.02. The minimum absolute atomic E-state index is 0.532. The Kier molecular flexibility index (Phi) is 5.50. The van der Waals surface area contributed by atoms with Crippen LogP contribution in [0, 0.1) is 0 Å². The average molecular weight is 304 g/mol. The molecule has 0 radical (unpaired) electrons. The summed E-state index contributed by atoms with van der Waals surface area (Å²) in [7, 11) is -4.06. The highest BCUT2D eigenvalue weighted by Crippen LogP contribution is 2.20. The van der Waals surface area contributed by atoms with E-state index in [-0.39, 0.29) is 0 Å². The van der Waals surface area contributed by atoms with Crippen molar-refractivity contribution in [3.63, 3.8) is 0 Å². The number of carbonyl (C=O) groups is 1. The Morgan fingerprint density at radius 3 is 2.11 bits per heavy atom. The lowest BCUT2D eigenvalue weighted by Crippen LogP contribution is -2.21. The number of aliphatic carboxylic acids is 1. The third-order valence-electron chi connectivity index (χ3n) is 1.91. The van der Waals surface area contributed by atoms with E-state index in [1.54, 1.807) is 30.9 Å². The van der Waals surface area contributed by atoms with Gasteiger partial charge in [-0.15, -0.1) is 0 Å². The van der Waals surface area contributed by atoms with Crippen molar-refractivity contribution < 1.29 is 36.0 Å². The van der Waals surface area contributed by atoms with Gasteiger partial charge in [0.25, 0.3) is 0 Å². The number of carboxylic acids is 1. The SMILES string of the molecule is CC(C(=O)O)c1nccn1C.O=S(=O)(O)C(F)(F)F. The Morgan fingerprint density at radius 1 is 1.47 bits per heavy atom. The van der Waals surface area contributed by atoms with Gasteiger partial charge in [0.05, 0.1) is 0 Å². The van der Waals surface area contributed by atoms with Crippen LogP contribution in [0.25, 0.3) is 0 Å². The summed E-state index contributed by atoms with van der Waals surface area (Å²) in [5.41, 5.74) is -5.53. The molecule has 0 aromatic carbocycles. The van der Waals surface area contributed by atoms with E-state index in [0.717, 1.165) is 0 Å². The van der Waals surface area contributed by atoms with E-state index in [4.69, 9.17) is 18.1 Å². The summed E-state index contributed by atoms with van der Waals surface area (Å²) in [5, 5.41) is 8.62. The van der Waals surface area contributed by atoms with Crippen molar-refractivity contribution in [2.45, 2.75) is 18.3 Å². The van der Waals surface area contributed by atoms with E-state index in [1.807, 2.05) is 0 Å². The van der Waals surface area contributed by atoms with Crippen LogP contribution in [-0.2, 0) is 22.0 Å². The molecule has 0 bridgehead atoms. The lowest BCUT2D eigenvalue weighted by Gasteiger charge is -2.04. The van der Waals surface area contributed by atoms with Crippen LogP contribution in [0.4, 0.5) is 13.2 Å². The number of rotatable bonds is 2. The van der Waals surface area contributed by atoms with Gasteiger partial charge < -0.3 is 9.67 Å². The molecule has 2 N–H and O–H groups in total. The van der Waals surface area contributed by atoms with Crippen molar-refractivity contribution in [2.24, 2.45) is 7.05 Å². The van der Waals surface area contributed by atoms with Gasteiger partial charge in [0.1, 0.15) is 11.7 Å². The van der Waals surface area contributed by atoms with Crippen LogP contribution in [0.1, 0.15) is 18.7 Å². The second-order valence-corrected chi connectivity index (χ2v) is 4.79. The number of carboxylic acid groups (broad SMARTS) is 1. The van der Waals surface area contributed by atoms with Gasteiger partial charge in [0.15, 0.2) is 0 Å². The van der Waals surface area contributed by atoms with Gasteiger partial charge >= 0.3 is 21.6 Å². The molecule has 1 unspecified atom stereocenters. The normalized spacial score (nSPS) is 13.4. The predicted molar refractivity (Wildman–Crippen MR) is 56.9 cm³/mol. The van der Waals surface area contributed by atoms with E-state index < -0.39 is 27.5 Å². The van der Waals surface area contributed by atoms with Gasteiger partial charge in [-0.1, -0.05) is 0 Å². The van der Waals surface area contributed by atoms with Gasteiger partial charge in [-0.3, -0.25) is 9.35 Å². The zero-order valence-corrected chi connectivity index (χ0v) is 10.6. The highest BCUT2D eigenvalue weighted by atomic mass is 32.2. The van der Waals surface area contributed by atoms with Gasteiger partial charge in [-0.2, -0.15) is 21.6 Å². The molecule has 0 spiro atoms. The van der Waals surface area contributed by atoms with Crippen molar-refractivity contribution >= 4 is 16.1 Å². The first-order valence-corrected chi connectivity index (χ1v) is 6.05. The molecule has 110 valence electrons. The summed E-state index contributed by atoms with van der Waals surface area (Å²) in [6, 6.07) is 0. The third kappa shape index (κ3) is 5.26. The van der Waals surface area contributed by atoms with Crippen molar-refractivity contribution in [3.8, 4) is 0 Å². The summed E-state index contributed by atoms with van der Waals surface area (Å²) in [6.45, 7) is 1.62. The first-order chi connectivity index (χ1) is 8.38. The lowest BCUT2D eigenvalue weighted by molar-refractivity contribution is -0.138. The monoisotopic (exact) mass is 304 g/mol. The van der Waals surface area contributed by atoms with E-state index in [0.29, 0.717) is 5.82 Å². The number of halogens is 3. The van der Waals surface area contributed by atoms with E-state index in [9.17, 15) is 18.0 Å². The Bertz CT molecular complexity index is 537. The maximum absolute atomic E-state index is 10.7. The molecule has 19 heavy (non-hydrogen) atoms. The van der Waals surface area contributed by atoms with Crippen molar-refractivity contribution in [3.05, 3.63) is 18.2 Å². The zero-order valence-electron chi connectivity index (χ0n) is 9.79. The molecule has 11 heteroatoms. The number of hydrogen-bond donors (Lipinski definition) is 2. The molecule has 7 nitrogen and oxygen atoms in total. The van der Waals surface area contributed by atoms with Crippen LogP contribution in [0.15, 0.2) is 12.4 Å². The van der Waals surface area contributed by atoms with Crippen molar-refractivity contribution in [1.82, 2.24) is 9.55 Å². The first kappa shape index (κ1) is 17.4. The highest BCUT2D eigenvalue weighted by Gasteiger charge is 2.44. The fraction of sp³-hybridized carbons (Fsp3) is 0.500. The number of aromatic nitrogens is 2. The molecule has 0 aliphatic heterocycles. The smallest absolute Gasteiger partial charge is 0.481 e. The average Bonchev–Trinajstić information content (AvgIpc) is 2.61. The van der Waals surface area contributed by atoms with Crippen LogP contribution < -0.4 is 0 Å². The standard InChI is InChI=1S/C7H10N2O2.CHF3O3S/c1-5(7(10)11)6-8-3-4-9(6)2;2-1(3,4)8(5,6)7/h3-5H,1-2H3,(H,10,11);(H,5,6,7). The largest absolute Gasteiger partial charge is 0.522 e. The highest BCUT2D eigenvalue weighted by molar-refractivity contribution is 7.86. The number of alkyl halides is 3. The summed E-state index contributed by atoms with van der Waals surface area (Å²) in [6.07, 6.45) is 3.32. The molecule has 0 saturated carbocycles. The van der Waals surface area contributed by atoms with Crippen LogP contribution in [-0.4, -0.2) is 39.1 Å². The van der Waals surface area contributed by atoms with Gasteiger partial charge in [0, 0.05) is 19.4 Å². The fourth-order valence-corrected chi connectivity index (χ4v) is 0.905. The quantitative estimate of drug-likeness (QED) is 0.623. The second-order valence-electron chi connectivity index (χ2n) is 3.38. The van der Waals surface area contributed by atoms with Crippen LogP contribution in [0.2, 0.25) is 0 Å². The molecular formula is C8H11F3N2O5S. The molecule has 0 saturated heterocycles. The molecule has 1 atom stereocenters.